The van der Waals surface area contributed by atoms with Gasteiger partial charge in [0.25, 0.3) is 5.60 Å². The molecule has 0 radical (unpaired) electrons. The summed E-state index contributed by atoms with van der Waals surface area (Å²) < 4.78 is 19.5. The second-order valence-corrected chi connectivity index (χ2v) is 14.0. The number of fused-ring (bicyclic) bond motifs is 1. The number of halogens is 1. The molecule has 10 heteroatoms. The third-order valence-electron chi connectivity index (χ3n) is 6.02. The van der Waals surface area contributed by atoms with Gasteiger partial charge >= 0.3 is 5.97 Å². The first-order chi connectivity index (χ1) is 13.9. The Balaban J connectivity index is 2.07. The Hall–Kier alpha value is -2.12. The van der Waals surface area contributed by atoms with Crippen molar-refractivity contribution in [3.05, 3.63) is 17.5 Å². The van der Waals surface area contributed by atoms with Crippen LogP contribution in [0.4, 0.5) is 5.82 Å². The van der Waals surface area contributed by atoms with Gasteiger partial charge in [-0.3, -0.25) is 0 Å². The second kappa shape index (κ2) is 7.53. The van der Waals surface area contributed by atoms with Crippen molar-refractivity contribution in [3.8, 4) is 12.3 Å². The Morgan fingerprint density at radius 2 is 2.13 bits per heavy atom. The monoisotopic (exact) mass is 450 g/mol. The maximum Gasteiger partial charge on any atom is 0.353 e. The number of methoxy groups -OCH3 is 1. The highest BCUT2D eigenvalue weighted by molar-refractivity contribution is 6.74. The summed E-state index contributed by atoms with van der Waals surface area (Å²) in [6.07, 6.45) is 6.59. The smallest absolute Gasteiger partial charge is 0.353 e. The van der Waals surface area contributed by atoms with Crippen LogP contribution >= 0.6 is 11.6 Å². The molecule has 1 fully saturated rings. The van der Waals surface area contributed by atoms with Crippen molar-refractivity contribution >= 4 is 42.7 Å². The van der Waals surface area contributed by atoms with Gasteiger partial charge in [-0.2, -0.15) is 4.98 Å². The van der Waals surface area contributed by atoms with Crippen molar-refractivity contribution in [2.24, 2.45) is 0 Å². The molecular formula is C20H27ClN4O4Si. The molecule has 1 saturated heterocycles. The molecule has 0 spiro atoms. The van der Waals surface area contributed by atoms with Crippen LogP contribution in [0.1, 0.15) is 33.4 Å². The summed E-state index contributed by atoms with van der Waals surface area (Å²) in [6, 6.07) is 1.77. The van der Waals surface area contributed by atoms with Crippen LogP contribution in [-0.4, -0.2) is 47.6 Å². The van der Waals surface area contributed by atoms with E-state index in [1.54, 1.807) is 16.8 Å². The minimum absolute atomic E-state index is 0.0169. The van der Waals surface area contributed by atoms with Crippen molar-refractivity contribution in [3.63, 3.8) is 0 Å². The van der Waals surface area contributed by atoms with Gasteiger partial charge in [-0.15, -0.1) is 6.42 Å². The standard InChI is InChI=1S/C20H27ClN4O4Si/c1-8-20(17(26)27-5)13(29-30(6,7)19(2,3)4)11-14(28-20)25-10-9-12-15(22)23-18(21)24-16(12)25/h1,9-10,13-14H,11H2,2-7H3,(H2,22,23,24)/t13-,14+,20-/m0/s1. The first-order valence-electron chi connectivity index (χ1n) is 9.57. The van der Waals surface area contributed by atoms with Crippen LogP contribution in [0.25, 0.3) is 11.0 Å². The molecule has 1 aliphatic rings. The molecule has 1 aliphatic heterocycles. The highest BCUT2D eigenvalue weighted by atomic mass is 35.5. The average Bonchev–Trinajstić information content (AvgIpc) is 3.21. The predicted molar refractivity (Wildman–Crippen MR) is 117 cm³/mol. The van der Waals surface area contributed by atoms with Crippen molar-refractivity contribution in [2.45, 2.75) is 63.3 Å². The Kier molecular flexibility index (Phi) is 5.67. The van der Waals surface area contributed by atoms with Gasteiger partial charge < -0.3 is 24.2 Å². The van der Waals surface area contributed by atoms with Crippen LogP contribution in [0.2, 0.25) is 23.4 Å². The number of carbonyl (C=O) groups excluding carboxylic acids is 1. The van der Waals surface area contributed by atoms with Crippen LogP contribution in [0.15, 0.2) is 12.3 Å². The van der Waals surface area contributed by atoms with E-state index in [1.807, 2.05) is 0 Å². The number of esters is 1. The number of anilines is 1. The van der Waals surface area contributed by atoms with Gasteiger partial charge in [-0.05, 0) is 35.8 Å². The lowest BCUT2D eigenvalue weighted by Crippen LogP contribution is -2.54. The van der Waals surface area contributed by atoms with E-state index in [2.05, 4.69) is 49.8 Å². The lowest BCUT2D eigenvalue weighted by Gasteiger charge is -2.40. The fourth-order valence-electron chi connectivity index (χ4n) is 3.30. The first-order valence-corrected chi connectivity index (χ1v) is 12.9. The van der Waals surface area contributed by atoms with E-state index in [4.69, 9.17) is 37.7 Å². The fourth-order valence-corrected chi connectivity index (χ4v) is 4.80. The summed E-state index contributed by atoms with van der Waals surface area (Å²) in [5.41, 5.74) is 4.78. The van der Waals surface area contributed by atoms with Gasteiger partial charge in [0, 0.05) is 12.6 Å². The number of hydrogen-bond donors (Lipinski definition) is 1. The molecule has 0 amide bonds. The van der Waals surface area contributed by atoms with Gasteiger partial charge in [0.05, 0.1) is 12.5 Å². The molecule has 3 heterocycles. The van der Waals surface area contributed by atoms with Crippen molar-refractivity contribution in [1.82, 2.24) is 14.5 Å². The van der Waals surface area contributed by atoms with E-state index < -0.39 is 32.2 Å². The molecule has 0 aromatic carbocycles. The highest BCUT2D eigenvalue weighted by Crippen LogP contribution is 2.45. The summed E-state index contributed by atoms with van der Waals surface area (Å²) in [7, 11) is -1.00. The van der Waals surface area contributed by atoms with Gasteiger partial charge in [0.1, 0.15) is 23.8 Å². The molecule has 30 heavy (non-hydrogen) atoms. The SMILES string of the molecule is C#C[C@]1(C(=O)OC)O[C@@H](n2ccc3c(N)nc(Cl)nc32)C[C@@H]1O[Si](C)(C)C(C)(C)C. The van der Waals surface area contributed by atoms with E-state index in [-0.39, 0.29) is 16.1 Å². The van der Waals surface area contributed by atoms with Gasteiger partial charge in [0.15, 0.2) is 8.32 Å². The van der Waals surface area contributed by atoms with Crippen LogP contribution in [0, 0.1) is 12.3 Å². The zero-order chi connectivity index (χ0) is 22.5. The van der Waals surface area contributed by atoms with E-state index in [0.717, 1.165) is 0 Å². The average molecular weight is 451 g/mol. The molecule has 8 nitrogen and oxygen atoms in total. The minimum Gasteiger partial charge on any atom is -0.466 e. The number of carbonyl (C=O) groups is 1. The number of rotatable bonds is 4. The number of nitrogen functional groups attached to an aromatic ring is 1. The predicted octanol–water partition coefficient (Wildman–Crippen LogP) is 3.52. The van der Waals surface area contributed by atoms with E-state index in [1.165, 1.54) is 7.11 Å². The van der Waals surface area contributed by atoms with Crippen molar-refractivity contribution < 1.29 is 18.7 Å². The summed E-state index contributed by atoms with van der Waals surface area (Å²) in [5, 5.41) is 0.556. The maximum atomic E-state index is 12.8. The summed E-state index contributed by atoms with van der Waals surface area (Å²) in [5.74, 6) is 2.11. The lowest BCUT2D eigenvalue weighted by molar-refractivity contribution is -0.168. The van der Waals surface area contributed by atoms with Crippen molar-refractivity contribution in [1.29, 1.82) is 0 Å². The molecule has 0 aliphatic carbocycles. The molecule has 2 aromatic heterocycles. The number of aromatic nitrogens is 3. The first kappa shape index (κ1) is 22.6. The zero-order valence-corrected chi connectivity index (χ0v) is 19.8. The topological polar surface area (TPSA) is 101 Å². The van der Waals surface area contributed by atoms with Crippen LogP contribution in [0.3, 0.4) is 0 Å². The molecule has 0 saturated carbocycles. The molecule has 0 bridgehead atoms. The Bertz CT molecular complexity index is 1030. The molecule has 3 atom stereocenters. The largest absolute Gasteiger partial charge is 0.466 e. The Morgan fingerprint density at radius 3 is 2.70 bits per heavy atom. The van der Waals surface area contributed by atoms with Gasteiger partial charge in [-0.1, -0.05) is 26.7 Å². The minimum atomic E-state index is -2.28. The van der Waals surface area contributed by atoms with Gasteiger partial charge in [-0.25, -0.2) is 9.78 Å². The number of terminal acetylenes is 1. The molecule has 162 valence electrons. The molecule has 3 rings (SSSR count). The van der Waals surface area contributed by atoms with E-state index >= 15 is 0 Å². The molecule has 2 N–H and O–H groups in total. The van der Waals surface area contributed by atoms with Crippen LogP contribution in [0.5, 0.6) is 0 Å². The number of nitrogens with zero attached hydrogens (tertiary/aromatic N) is 3. The second-order valence-electron chi connectivity index (χ2n) is 8.88. The summed E-state index contributed by atoms with van der Waals surface area (Å²) in [6.45, 7) is 10.5. The normalized spacial score (nSPS) is 24.7. The number of nitrogens with two attached hydrogens (primary N) is 1. The number of hydrogen-bond acceptors (Lipinski definition) is 7. The van der Waals surface area contributed by atoms with Crippen LogP contribution in [-0.2, 0) is 18.7 Å². The zero-order valence-electron chi connectivity index (χ0n) is 18.0. The third-order valence-corrected chi connectivity index (χ3v) is 10.7. The van der Waals surface area contributed by atoms with E-state index in [9.17, 15) is 4.79 Å². The van der Waals surface area contributed by atoms with Crippen molar-refractivity contribution in [2.75, 3.05) is 12.8 Å². The Labute approximate surface area is 182 Å². The van der Waals surface area contributed by atoms with Gasteiger partial charge in [0.2, 0.25) is 5.28 Å². The summed E-state index contributed by atoms with van der Waals surface area (Å²) in [4.78, 5) is 21.0. The lowest BCUT2D eigenvalue weighted by atomic mass is 9.98. The van der Waals surface area contributed by atoms with E-state index in [0.29, 0.717) is 17.5 Å². The fraction of sp³-hybridized carbons (Fsp3) is 0.550. The molecule has 0 unspecified atom stereocenters. The highest BCUT2D eigenvalue weighted by Gasteiger charge is 2.58. The van der Waals surface area contributed by atoms with Crippen LogP contribution < -0.4 is 5.73 Å². The molecular weight excluding hydrogens is 424 g/mol. The summed E-state index contributed by atoms with van der Waals surface area (Å²) >= 11 is 6.00. The quantitative estimate of drug-likeness (QED) is 0.329. The third kappa shape index (κ3) is 3.58. The Morgan fingerprint density at radius 1 is 1.47 bits per heavy atom. The number of ether oxygens (including phenoxy) is 2. The molecule has 2 aromatic rings. The maximum absolute atomic E-state index is 12.8.